The van der Waals surface area contributed by atoms with Crippen LogP contribution in [0.25, 0.3) is 0 Å². The first-order valence-electron chi connectivity index (χ1n) is 4.34. The summed E-state index contributed by atoms with van der Waals surface area (Å²) in [6, 6.07) is 0. The van der Waals surface area contributed by atoms with Crippen LogP contribution in [0.1, 0.15) is 19.3 Å². The Labute approximate surface area is 71.1 Å². The molecule has 1 aliphatic carbocycles. The van der Waals surface area contributed by atoms with Gasteiger partial charge in [0.15, 0.2) is 0 Å². The second-order valence-electron chi connectivity index (χ2n) is 3.61. The van der Waals surface area contributed by atoms with Gasteiger partial charge in [-0.05, 0) is 19.3 Å². The summed E-state index contributed by atoms with van der Waals surface area (Å²) >= 11 is 0. The summed E-state index contributed by atoms with van der Waals surface area (Å²) in [4.78, 5) is 12.6. The molecule has 12 heavy (non-hydrogen) atoms. The third-order valence-corrected chi connectivity index (χ3v) is 2.61. The molecule has 1 amide bonds. The number of carbonyl (C=O) groups excluding carboxylic acids is 1. The van der Waals surface area contributed by atoms with Crippen molar-refractivity contribution in [1.82, 2.24) is 4.90 Å². The molecule has 4 nitrogen and oxygen atoms in total. The highest BCUT2D eigenvalue weighted by molar-refractivity contribution is 5.69. The minimum atomic E-state index is -0.608. The number of amides is 1. The molecule has 0 aromatic heterocycles. The molecular formula is C8H13NO3. The van der Waals surface area contributed by atoms with Crippen LogP contribution in [0.15, 0.2) is 0 Å². The van der Waals surface area contributed by atoms with E-state index in [1.165, 1.54) is 0 Å². The number of hydrogen-bond acceptors (Lipinski definition) is 3. The number of β-amino-alcohol motifs (C(OH)–C–C–N with tert-alkyl or cyclic N) is 1. The lowest BCUT2D eigenvalue weighted by molar-refractivity contribution is -0.0492. The number of carbonyl (C=O) groups is 1. The molecule has 2 aliphatic rings. The molecule has 0 aromatic carbocycles. The fourth-order valence-corrected chi connectivity index (χ4v) is 1.67. The van der Waals surface area contributed by atoms with Gasteiger partial charge in [0.1, 0.15) is 6.61 Å². The Kier molecular flexibility index (Phi) is 1.72. The fraction of sp³-hybridized carbons (Fsp3) is 0.875. The van der Waals surface area contributed by atoms with Crippen molar-refractivity contribution in [1.29, 1.82) is 0 Å². The Balaban J connectivity index is 1.89. The first kappa shape index (κ1) is 7.86. The van der Waals surface area contributed by atoms with Gasteiger partial charge in [-0.3, -0.25) is 0 Å². The van der Waals surface area contributed by atoms with Gasteiger partial charge < -0.3 is 14.7 Å². The Morgan fingerprint density at radius 2 is 2.33 bits per heavy atom. The predicted molar refractivity (Wildman–Crippen MR) is 41.7 cm³/mol. The van der Waals surface area contributed by atoms with Gasteiger partial charge in [0.05, 0.1) is 18.7 Å². The molecule has 1 N–H and O–H groups in total. The van der Waals surface area contributed by atoms with Crippen LogP contribution in [-0.2, 0) is 4.74 Å². The molecule has 0 bridgehead atoms. The van der Waals surface area contributed by atoms with E-state index in [0.717, 1.165) is 19.3 Å². The van der Waals surface area contributed by atoms with Crippen molar-refractivity contribution < 1.29 is 14.6 Å². The summed E-state index contributed by atoms with van der Waals surface area (Å²) in [5.41, 5.74) is -0.608. The number of ether oxygens (including phenoxy) is 1. The van der Waals surface area contributed by atoms with Crippen LogP contribution in [0.2, 0.25) is 0 Å². The molecule has 0 radical (unpaired) electrons. The lowest BCUT2D eigenvalue weighted by Crippen LogP contribution is -2.48. The largest absolute Gasteiger partial charge is 0.448 e. The van der Waals surface area contributed by atoms with Crippen LogP contribution in [-0.4, -0.2) is 41.4 Å². The summed E-state index contributed by atoms with van der Waals surface area (Å²) in [7, 11) is 0. The third kappa shape index (κ3) is 1.27. The molecule has 0 spiro atoms. The van der Waals surface area contributed by atoms with Gasteiger partial charge in [0.25, 0.3) is 0 Å². The zero-order valence-corrected chi connectivity index (χ0v) is 6.95. The molecule has 1 aliphatic heterocycles. The zero-order chi connectivity index (χ0) is 8.60. The van der Waals surface area contributed by atoms with Crippen molar-refractivity contribution in [2.75, 3.05) is 19.7 Å². The molecule has 1 saturated carbocycles. The van der Waals surface area contributed by atoms with Crippen LogP contribution in [0, 0.1) is 0 Å². The molecule has 0 aromatic rings. The van der Waals surface area contributed by atoms with Crippen LogP contribution in [0.3, 0.4) is 0 Å². The van der Waals surface area contributed by atoms with E-state index in [2.05, 4.69) is 0 Å². The topological polar surface area (TPSA) is 49.8 Å². The van der Waals surface area contributed by atoms with Crippen molar-refractivity contribution in [2.45, 2.75) is 24.9 Å². The molecule has 2 rings (SSSR count). The molecule has 2 fully saturated rings. The Morgan fingerprint density at radius 3 is 2.75 bits per heavy atom. The van der Waals surface area contributed by atoms with Crippen molar-refractivity contribution in [3.05, 3.63) is 0 Å². The third-order valence-electron chi connectivity index (χ3n) is 2.61. The maximum atomic E-state index is 11.0. The summed E-state index contributed by atoms with van der Waals surface area (Å²) in [5.74, 6) is 0. The molecule has 0 unspecified atom stereocenters. The van der Waals surface area contributed by atoms with E-state index in [-0.39, 0.29) is 6.09 Å². The van der Waals surface area contributed by atoms with Crippen LogP contribution < -0.4 is 0 Å². The second kappa shape index (κ2) is 2.62. The molecule has 1 saturated heterocycles. The molecule has 0 atom stereocenters. The van der Waals surface area contributed by atoms with Crippen LogP contribution in [0.4, 0.5) is 4.79 Å². The molecule has 4 heteroatoms. The lowest BCUT2D eigenvalue weighted by atomic mass is 9.80. The van der Waals surface area contributed by atoms with Gasteiger partial charge in [-0.15, -0.1) is 0 Å². The molecule has 68 valence electrons. The average molecular weight is 171 g/mol. The first-order chi connectivity index (χ1) is 5.70. The number of rotatable bonds is 2. The van der Waals surface area contributed by atoms with E-state index < -0.39 is 5.60 Å². The fourth-order valence-electron chi connectivity index (χ4n) is 1.67. The van der Waals surface area contributed by atoms with Crippen molar-refractivity contribution in [3.8, 4) is 0 Å². The highest BCUT2D eigenvalue weighted by Crippen LogP contribution is 2.32. The minimum absolute atomic E-state index is 0.282. The maximum absolute atomic E-state index is 11.0. The monoisotopic (exact) mass is 171 g/mol. The van der Waals surface area contributed by atoms with Crippen LogP contribution in [0.5, 0.6) is 0 Å². The van der Waals surface area contributed by atoms with Crippen molar-refractivity contribution in [2.24, 2.45) is 0 Å². The maximum Gasteiger partial charge on any atom is 0.410 e. The van der Waals surface area contributed by atoms with E-state index in [1.54, 1.807) is 4.90 Å². The Hall–Kier alpha value is -0.770. The van der Waals surface area contributed by atoms with Gasteiger partial charge in [-0.2, -0.15) is 0 Å². The number of cyclic esters (lactones) is 1. The summed E-state index contributed by atoms with van der Waals surface area (Å²) < 4.78 is 4.76. The van der Waals surface area contributed by atoms with Gasteiger partial charge in [0.2, 0.25) is 0 Å². The van der Waals surface area contributed by atoms with Gasteiger partial charge >= 0.3 is 6.09 Å². The smallest absolute Gasteiger partial charge is 0.410 e. The van der Waals surface area contributed by atoms with Crippen LogP contribution >= 0.6 is 0 Å². The Bertz CT molecular complexity index is 200. The molecule has 1 heterocycles. The van der Waals surface area contributed by atoms with E-state index >= 15 is 0 Å². The minimum Gasteiger partial charge on any atom is -0.448 e. The van der Waals surface area contributed by atoms with E-state index in [9.17, 15) is 9.90 Å². The SMILES string of the molecule is O=C1OCCN1CC1(O)CCC1. The predicted octanol–water partition coefficient (Wildman–Crippen LogP) is 0.354. The zero-order valence-electron chi connectivity index (χ0n) is 6.95. The number of hydrogen-bond donors (Lipinski definition) is 1. The highest BCUT2D eigenvalue weighted by atomic mass is 16.6. The Morgan fingerprint density at radius 1 is 1.58 bits per heavy atom. The van der Waals surface area contributed by atoms with Gasteiger partial charge in [-0.1, -0.05) is 0 Å². The number of aliphatic hydroxyl groups is 1. The normalized spacial score (nSPS) is 26.8. The van der Waals surface area contributed by atoms with Gasteiger partial charge in [0, 0.05) is 0 Å². The quantitative estimate of drug-likeness (QED) is 0.652. The highest BCUT2D eigenvalue weighted by Gasteiger charge is 2.38. The summed E-state index contributed by atoms with van der Waals surface area (Å²) in [5, 5.41) is 9.74. The second-order valence-corrected chi connectivity index (χ2v) is 3.61. The lowest BCUT2D eigenvalue weighted by Gasteiger charge is -2.38. The van der Waals surface area contributed by atoms with E-state index in [4.69, 9.17) is 4.74 Å². The van der Waals surface area contributed by atoms with Crippen molar-refractivity contribution in [3.63, 3.8) is 0 Å². The summed E-state index contributed by atoms with van der Waals surface area (Å²) in [6.07, 6.45) is 2.42. The molecular weight excluding hydrogens is 158 g/mol. The number of nitrogens with zero attached hydrogens (tertiary/aromatic N) is 1. The summed E-state index contributed by atoms with van der Waals surface area (Å²) in [6.45, 7) is 1.54. The van der Waals surface area contributed by atoms with Crippen molar-refractivity contribution >= 4 is 6.09 Å². The van der Waals surface area contributed by atoms with E-state index in [0.29, 0.717) is 19.7 Å². The standard InChI is InChI=1S/C8H13NO3/c10-7-9(4-5-12-7)6-8(11)2-1-3-8/h11H,1-6H2. The average Bonchev–Trinajstić information content (AvgIpc) is 2.34. The van der Waals surface area contributed by atoms with E-state index in [1.807, 2.05) is 0 Å². The van der Waals surface area contributed by atoms with Gasteiger partial charge in [-0.25, -0.2) is 4.79 Å². The first-order valence-corrected chi connectivity index (χ1v) is 4.34.